The molecule has 2 aliphatic rings. The van der Waals surface area contributed by atoms with Crippen molar-refractivity contribution in [3.05, 3.63) is 35.4 Å². The summed E-state index contributed by atoms with van der Waals surface area (Å²) in [7, 11) is 0. The van der Waals surface area contributed by atoms with Crippen molar-refractivity contribution < 1.29 is 13.6 Å². The lowest BCUT2D eigenvalue weighted by Crippen LogP contribution is -2.23. The van der Waals surface area contributed by atoms with Crippen LogP contribution in [0, 0.1) is 29.4 Å². The van der Waals surface area contributed by atoms with Crippen LogP contribution in [0.1, 0.15) is 31.2 Å². The number of hydrogen-bond donors (Lipinski definition) is 0. The molecular weight excluding hydrogens is 234 g/mol. The molecule has 0 saturated heterocycles. The number of benzene rings is 1. The molecular formula is C15H16F2O. The number of fused-ring (bicyclic) bond motifs is 2. The van der Waals surface area contributed by atoms with E-state index in [4.69, 9.17) is 0 Å². The van der Waals surface area contributed by atoms with Crippen LogP contribution in [0.3, 0.4) is 0 Å². The minimum absolute atomic E-state index is 0.0392. The van der Waals surface area contributed by atoms with Crippen LogP contribution < -0.4 is 0 Å². The van der Waals surface area contributed by atoms with Crippen molar-refractivity contribution in [2.45, 2.75) is 32.1 Å². The second-order valence-electron chi connectivity index (χ2n) is 5.66. The topological polar surface area (TPSA) is 17.1 Å². The average Bonchev–Trinajstić information content (AvgIpc) is 2.96. The van der Waals surface area contributed by atoms with E-state index >= 15 is 0 Å². The monoisotopic (exact) mass is 250 g/mol. The van der Waals surface area contributed by atoms with Crippen LogP contribution in [-0.2, 0) is 11.2 Å². The maximum atomic E-state index is 13.5. The molecule has 3 unspecified atom stereocenters. The van der Waals surface area contributed by atoms with Crippen LogP contribution >= 0.6 is 0 Å². The van der Waals surface area contributed by atoms with E-state index < -0.39 is 11.6 Å². The predicted molar refractivity (Wildman–Crippen MR) is 64.0 cm³/mol. The van der Waals surface area contributed by atoms with Gasteiger partial charge in [0.05, 0.1) is 0 Å². The molecule has 0 aliphatic heterocycles. The number of hydrogen-bond acceptors (Lipinski definition) is 1. The minimum Gasteiger partial charge on any atom is -0.299 e. The summed E-state index contributed by atoms with van der Waals surface area (Å²) in [5.41, 5.74) is 0.197. The number of Topliss-reactive ketones (excluding diaryl/α,β-unsaturated/α-hetero) is 1. The smallest absolute Gasteiger partial charge is 0.140 e. The summed E-state index contributed by atoms with van der Waals surface area (Å²) in [5, 5.41) is 0. The van der Waals surface area contributed by atoms with Crippen molar-refractivity contribution in [3.63, 3.8) is 0 Å². The largest absolute Gasteiger partial charge is 0.299 e. The zero-order chi connectivity index (χ0) is 12.7. The molecule has 18 heavy (non-hydrogen) atoms. The number of ketones is 1. The first kappa shape index (κ1) is 11.8. The van der Waals surface area contributed by atoms with Gasteiger partial charge in [0.25, 0.3) is 0 Å². The Labute approximate surface area is 105 Å². The summed E-state index contributed by atoms with van der Waals surface area (Å²) >= 11 is 0. The molecule has 0 radical (unpaired) electrons. The Morgan fingerprint density at radius 2 is 2.06 bits per heavy atom. The molecule has 1 aromatic rings. The Bertz CT molecular complexity index is 483. The summed E-state index contributed by atoms with van der Waals surface area (Å²) in [4.78, 5) is 12.2. The number of halogens is 2. The van der Waals surface area contributed by atoms with Crippen LogP contribution in [0.5, 0.6) is 0 Å². The molecule has 1 aromatic carbocycles. The number of carbonyl (C=O) groups is 1. The lowest BCUT2D eigenvalue weighted by atomic mass is 9.83. The highest BCUT2D eigenvalue weighted by atomic mass is 19.1. The highest BCUT2D eigenvalue weighted by Gasteiger charge is 2.42. The van der Waals surface area contributed by atoms with Crippen LogP contribution in [-0.4, -0.2) is 5.78 Å². The normalized spacial score (nSPS) is 29.8. The summed E-state index contributed by atoms with van der Waals surface area (Å²) in [5.74, 6) is 0.415. The Hall–Kier alpha value is -1.25. The Morgan fingerprint density at radius 1 is 1.22 bits per heavy atom. The van der Waals surface area contributed by atoms with E-state index in [0.717, 1.165) is 37.5 Å². The third kappa shape index (κ3) is 2.06. The summed E-state index contributed by atoms with van der Waals surface area (Å²) < 4.78 is 26.5. The maximum Gasteiger partial charge on any atom is 0.140 e. The van der Waals surface area contributed by atoms with Gasteiger partial charge in [0, 0.05) is 12.3 Å². The van der Waals surface area contributed by atoms with Crippen LogP contribution in [0.15, 0.2) is 18.2 Å². The van der Waals surface area contributed by atoms with E-state index in [9.17, 15) is 13.6 Å². The third-order valence-corrected chi connectivity index (χ3v) is 4.52. The molecule has 2 fully saturated rings. The van der Waals surface area contributed by atoms with E-state index in [1.165, 1.54) is 6.42 Å². The fourth-order valence-electron chi connectivity index (χ4n) is 3.64. The second kappa shape index (κ2) is 4.45. The first-order valence-electron chi connectivity index (χ1n) is 6.60. The third-order valence-electron chi connectivity index (χ3n) is 4.52. The average molecular weight is 250 g/mol. The summed E-state index contributed by atoms with van der Waals surface area (Å²) in [6, 6.07) is 3.32. The molecule has 2 bridgehead atoms. The molecule has 3 rings (SSSR count). The van der Waals surface area contributed by atoms with Crippen LogP contribution in [0.25, 0.3) is 0 Å². The molecule has 2 saturated carbocycles. The molecule has 0 spiro atoms. The molecule has 0 N–H and O–H groups in total. The van der Waals surface area contributed by atoms with Gasteiger partial charge in [-0.25, -0.2) is 8.78 Å². The standard InChI is InChI=1S/C15H16F2O/c16-12-3-4-14(17)11(7-12)8-15(18)13-6-9-1-2-10(13)5-9/h3-4,7,9-10,13H,1-2,5-6,8H2. The summed E-state index contributed by atoms with van der Waals surface area (Å²) in [6.45, 7) is 0. The lowest BCUT2D eigenvalue weighted by molar-refractivity contribution is -0.123. The molecule has 0 aromatic heterocycles. The molecule has 3 atom stereocenters. The SMILES string of the molecule is O=C(Cc1cc(F)ccc1F)C1CC2CCC1C2. The fraction of sp³-hybridized carbons (Fsp3) is 0.533. The number of carbonyl (C=O) groups excluding carboxylic acids is 1. The van der Waals surface area contributed by atoms with Crippen LogP contribution in [0.4, 0.5) is 8.78 Å². The van der Waals surface area contributed by atoms with Crippen molar-refractivity contribution >= 4 is 5.78 Å². The molecule has 2 aliphatic carbocycles. The van der Waals surface area contributed by atoms with Crippen molar-refractivity contribution in [2.24, 2.45) is 17.8 Å². The zero-order valence-corrected chi connectivity index (χ0v) is 10.2. The molecule has 1 nitrogen and oxygen atoms in total. The molecule has 96 valence electrons. The van der Waals surface area contributed by atoms with Crippen molar-refractivity contribution in [2.75, 3.05) is 0 Å². The van der Waals surface area contributed by atoms with Gasteiger partial charge >= 0.3 is 0 Å². The maximum absolute atomic E-state index is 13.5. The predicted octanol–water partition coefficient (Wildman–Crippen LogP) is 3.51. The van der Waals surface area contributed by atoms with E-state index in [0.29, 0.717) is 11.8 Å². The fourth-order valence-corrected chi connectivity index (χ4v) is 3.64. The van der Waals surface area contributed by atoms with Gasteiger partial charge < -0.3 is 0 Å². The van der Waals surface area contributed by atoms with E-state index in [1.54, 1.807) is 0 Å². The molecule has 0 heterocycles. The van der Waals surface area contributed by atoms with Crippen molar-refractivity contribution in [3.8, 4) is 0 Å². The van der Waals surface area contributed by atoms with Gasteiger partial charge in [0.1, 0.15) is 17.4 Å². The lowest BCUT2D eigenvalue weighted by Gasteiger charge is -2.20. The van der Waals surface area contributed by atoms with Gasteiger partial charge in [0.15, 0.2) is 0 Å². The zero-order valence-electron chi connectivity index (χ0n) is 10.2. The van der Waals surface area contributed by atoms with Gasteiger partial charge in [-0.15, -0.1) is 0 Å². The van der Waals surface area contributed by atoms with Gasteiger partial charge in [-0.05, 0) is 54.9 Å². The van der Waals surface area contributed by atoms with Crippen molar-refractivity contribution in [1.29, 1.82) is 0 Å². The van der Waals surface area contributed by atoms with Gasteiger partial charge in [0.2, 0.25) is 0 Å². The first-order chi connectivity index (χ1) is 8.63. The summed E-state index contributed by atoms with van der Waals surface area (Å²) in [6.07, 6.45) is 4.52. The van der Waals surface area contributed by atoms with E-state index in [1.807, 2.05) is 0 Å². The van der Waals surface area contributed by atoms with Crippen LogP contribution in [0.2, 0.25) is 0 Å². The van der Waals surface area contributed by atoms with E-state index in [2.05, 4.69) is 0 Å². The Kier molecular flexibility index (Phi) is 2.92. The first-order valence-corrected chi connectivity index (χ1v) is 6.60. The Morgan fingerprint density at radius 3 is 2.72 bits per heavy atom. The van der Waals surface area contributed by atoms with Gasteiger partial charge in [-0.3, -0.25) is 4.79 Å². The quantitative estimate of drug-likeness (QED) is 0.802. The van der Waals surface area contributed by atoms with E-state index in [-0.39, 0.29) is 23.7 Å². The van der Waals surface area contributed by atoms with Gasteiger partial charge in [-0.2, -0.15) is 0 Å². The Balaban J connectivity index is 1.72. The molecule has 0 amide bonds. The van der Waals surface area contributed by atoms with Gasteiger partial charge in [-0.1, -0.05) is 6.42 Å². The highest BCUT2D eigenvalue weighted by Crippen LogP contribution is 2.48. The highest BCUT2D eigenvalue weighted by molar-refractivity contribution is 5.84. The minimum atomic E-state index is -0.479. The van der Waals surface area contributed by atoms with Crippen molar-refractivity contribution in [1.82, 2.24) is 0 Å². The molecule has 3 heteroatoms. The second-order valence-corrected chi connectivity index (χ2v) is 5.66. The number of rotatable bonds is 3.